The molecule has 28 heavy (non-hydrogen) atoms. The first-order valence-electron chi connectivity index (χ1n) is 8.90. The van der Waals surface area contributed by atoms with Crippen molar-refractivity contribution in [3.63, 3.8) is 0 Å². The van der Waals surface area contributed by atoms with E-state index in [1.54, 1.807) is 18.1 Å². The number of ether oxygens (including phenoxy) is 1. The quantitative estimate of drug-likeness (QED) is 0.687. The van der Waals surface area contributed by atoms with Crippen LogP contribution in [-0.4, -0.2) is 49.6 Å². The highest BCUT2D eigenvalue weighted by molar-refractivity contribution is 8.00. The minimum absolute atomic E-state index is 0.0590. The Morgan fingerprint density at radius 2 is 1.71 bits per heavy atom. The predicted molar refractivity (Wildman–Crippen MR) is 104 cm³/mol. The van der Waals surface area contributed by atoms with E-state index in [1.165, 1.54) is 18.2 Å². The third kappa shape index (κ3) is 5.13. The molecular formula is C20H21F3N2O2S. The molecule has 0 aliphatic carbocycles. The lowest BCUT2D eigenvalue weighted by Crippen LogP contribution is -2.35. The summed E-state index contributed by atoms with van der Waals surface area (Å²) in [5.74, 6) is 0.415. The summed E-state index contributed by atoms with van der Waals surface area (Å²) >= 11 is -0.244. The number of benzene rings is 2. The minimum atomic E-state index is -4.43. The molecule has 1 saturated heterocycles. The fraction of sp³-hybridized carbons (Fsp3) is 0.350. The summed E-state index contributed by atoms with van der Waals surface area (Å²) in [6.07, 6.45) is 0.742. The van der Waals surface area contributed by atoms with Gasteiger partial charge in [-0.1, -0.05) is 12.1 Å². The highest BCUT2D eigenvalue weighted by Gasteiger charge is 2.32. The maximum absolute atomic E-state index is 12.9. The van der Waals surface area contributed by atoms with Gasteiger partial charge in [-0.05, 0) is 54.6 Å². The summed E-state index contributed by atoms with van der Waals surface area (Å²) in [5.41, 5.74) is -3.30. The number of amides is 1. The van der Waals surface area contributed by atoms with E-state index < -0.39 is 5.51 Å². The molecule has 1 heterocycles. The Kier molecular flexibility index (Phi) is 6.39. The van der Waals surface area contributed by atoms with Crippen LogP contribution in [0.15, 0.2) is 53.4 Å². The summed E-state index contributed by atoms with van der Waals surface area (Å²) in [4.78, 5) is 16.6. The van der Waals surface area contributed by atoms with Crippen molar-refractivity contribution in [2.45, 2.75) is 16.8 Å². The highest BCUT2D eigenvalue weighted by atomic mass is 32.2. The molecule has 1 aliphatic heterocycles. The van der Waals surface area contributed by atoms with Crippen LogP contribution >= 0.6 is 11.8 Å². The maximum Gasteiger partial charge on any atom is 0.446 e. The standard InChI is InChI=1S/C20H21F3N2O2S/c1-27-16-9-7-15(8-10-16)24-11-4-12-25(14-13-24)19(26)17-5-2-3-6-18(17)28-20(21,22)23/h2-3,5-10H,4,11-14H2,1H3. The fourth-order valence-electron chi connectivity index (χ4n) is 3.20. The number of nitrogens with zero attached hydrogens (tertiary/aromatic N) is 2. The Balaban J connectivity index is 1.71. The van der Waals surface area contributed by atoms with E-state index in [0.717, 1.165) is 24.4 Å². The van der Waals surface area contributed by atoms with Gasteiger partial charge in [-0.15, -0.1) is 0 Å². The highest BCUT2D eigenvalue weighted by Crippen LogP contribution is 2.38. The molecule has 2 aromatic carbocycles. The molecule has 3 rings (SSSR count). The van der Waals surface area contributed by atoms with E-state index in [-0.39, 0.29) is 28.1 Å². The Bertz CT molecular complexity index is 812. The number of rotatable bonds is 4. The monoisotopic (exact) mass is 410 g/mol. The zero-order chi connectivity index (χ0) is 20.1. The third-order valence-corrected chi connectivity index (χ3v) is 5.37. The van der Waals surface area contributed by atoms with E-state index in [4.69, 9.17) is 4.74 Å². The van der Waals surface area contributed by atoms with E-state index in [0.29, 0.717) is 19.6 Å². The molecule has 0 unspecified atom stereocenters. The van der Waals surface area contributed by atoms with Crippen LogP contribution in [0.25, 0.3) is 0 Å². The summed E-state index contributed by atoms with van der Waals surface area (Å²) < 4.78 is 43.6. The second-order valence-corrected chi connectivity index (χ2v) is 7.48. The largest absolute Gasteiger partial charge is 0.497 e. The fourth-order valence-corrected chi connectivity index (χ4v) is 3.86. The lowest BCUT2D eigenvalue weighted by molar-refractivity contribution is -0.0328. The number of methoxy groups -OCH3 is 1. The van der Waals surface area contributed by atoms with Crippen molar-refractivity contribution in [3.8, 4) is 5.75 Å². The van der Waals surface area contributed by atoms with E-state index in [9.17, 15) is 18.0 Å². The van der Waals surface area contributed by atoms with Gasteiger partial charge in [0.1, 0.15) is 5.75 Å². The van der Waals surface area contributed by atoms with Gasteiger partial charge in [-0.3, -0.25) is 4.79 Å². The van der Waals surface area contributed by atoms with Crippen molar-refractivity contribution in [2.24, 2.45) is 0 Å². The number of carbonyl (C=O) groups excluding carboxylic acids is 1. The Morgan fingerprint density at radius 1 is 1.00 bits per heavy atom. The number of carbonyl (C=O) groups is 1. The van der Waals surface area contributed by atoms with E-state index in [1.807, 2.05) is 24.3 Å². The Labute approximate surface area is 166 Å². The molecule has 0 aromatic heterocycles. The van der Waals surface area contributed by atoms with Gasteiger partial charge in [-0.2, -0.15) is 13.2 Å². The number of anilines is 1. The molecule has 2 aromatic rings. The zero-order valence-electron chi connectivity index (χ0n) is 15.4. The van der Waals surface area contributed by atoms with Crippen molar-refractivity contribution >= 4 is 23.4 Å². The molecule has 0 saturated carbocycles. The molecule has 8 heteroatoms. The number of hydrogen-bond donors (Lipinski definition) is 0. The van der Waals surface area contributed by atoms with Crippen LogP contribution in [0.3, 0.4) is 0 Å². The van der Waals surface area contributed by atoms with Crippen LogP contribution < -0.4 is 9.64 Å². The van der Waals surface area contributed by atoms with Gasteiger partial charge in [-0.25, -0.2) is 0 Å². The molecule has 4 nitrogen and oxygen atoms in total. The summed E-state index contributed by atoms with van der Waals surface area (Å²) in [6.45, 7) is 2.36. The Morgan fingerprint density at radius 3 is 2.39 bits per heavy atom. The molecule has 1 aliphatic rings. The average molecular weight is 410 g/mol. The Hall–Kier alpha value is -2.35. The first-order valence-corrected chi connectivity index (χ1v) is 9.72. The topological polar surface area (TPSA) is 32.8 Å². The molecule has 1 fully saturated rings. The molecular weight excluding hydrogens is 389 g/mol. The molecule has 1 amide bonds. The van der Waals surface area contributed by atoms with Crippen molar-refractivity contribution in [1.82, 2.24) is 4.90 Å². The number of thioether (sulfide) groups is 1. The molecule has 0 bridgehead atoms. The number of alkyl halides is 3. The second kappa shape index (κ2) is 8.77. The molecule has 150 valence electrons. The van der Waals surface area contributed by atoms with Crippen LogP contribution in [-0.2, 0) is 0 Å². The van der Waals surface area contributed by atoms with Crippen molar-refractivity contribution in [3.05, 3.63) is 54.1 Å². The lowest BCUT2D eigenvalue weighted by atomic mass is 10.2. The van der Waals surface area contributed by atoms with Gasteiger partial charge in [0, 0.05) is 36.8 Å². The third-order valence-electron chi connectivity index (χ3n) is 4.56. The number of halogens is 3. The van der Waals surface area contributed by atoms with Gasteiger partial charge >= 0.3 is 5.51 Å². The predicted octanol–water partition coefficient (Wildman–Crippen LogP) is 4.66. The average Bonchev–Trinajstić information content (AvgIpc) is 2.93. The molecule has 0 N–H and O–H groups in total. The van der Waals surface area contributed by atoms with Gasteiger partial charge in [0.15, 0.2) is 0 Å². The zero-order valence-corrected chi connectivity index (χ0v) is 16.2. The smallest absolute Gasteiger partial charge is 0.446 e. The SMILES string of the molecule is COc1ccc(N2CCCN(C(=O)c3ccccc3SC(F)(F)F)CC2)cc1. The first-order chi connectivity index (χ1) is 13.4. The van der Waals surface area contributed by atoms with Crippen molar-refractivity contribution < 1.29 is 22.7 Å². The molecule has 0 atom stereocenters. The minimum Gasteiger partial charge on any atom is -0.497 e. The van der Waals surface area contributed by atoms with E-state index >= 15 is 0 Å². The van der Waals surface area contributed by atoms with Crippen LogP contribution in [0.4, 0.5) is 18.9 Å². The summed E-state index contributed by atoms with van der Waals surface area (Å²) in [5, 5.41) is 0. The van der Waals surface area contributed by atoms with Crippen LogP contribution in [0.1, 0.15) is 16.8 Å². The maximum atomic E-state index is 12.9. The van der Waals surface area contributed by atoms with Crippen LogP contribution in [0.5, 0.6) is 5.75 Å². The summed E-state index contributed by atoms with van der Waals surface area (Å²) in [6, 6.07) is 13.6. The summed E-state index contributed by atoms with van der Waals surface area (Å²) in [7, 11) is 1.61. The molecule has 0 spiro atoms. The van der Waals surface area contributed by atoms with E-state index in [2.05, 4.69) is 4.90 Å². The van der Waals surface area contributed by atoms with Gasteiger partial charge < -0.3 is 14.5 Å². The molecule has 0 radical (unpaired) electrons. The second-order valence-electron chi connectivity index (χ2n) is 6.37. The number of hydrogen-bond acceptors (Lipinski definition) is 4. The van der Waals surface area contributed by atoms with Crippen molar-refractivity contribution in [1.29, 1.82) is 0 Å². The van der Waals surface area contributed by atoms with Crippen LogP contribution in [0, 0.1) is 0 Å². The van der Waals surface area contributed by atoms with Crippen molar-refractivity contribution in [2.75, 3.05) is 38.2 Å². The normalized spacial score (nSPS) is 15.3. The van der Waals surface area contributed by atoms with Gasteiger partial charge in [0.2, 0.25) is 0 Å². The van der Waals surface area contributed by atoms with Crippen LogP contribution in [0.2, 0.25) is 0 Å². The lowest BCUT2D eigenvalue weighted by Gasteiger charge is -2.24. The first kappa shape index (κ1) is 20.4. The van der Waals surface area contributed by atoms with Gasteiger partial charge in [0.05, 0.1) is 12.7 Å². The van der Waals surface area contributed by atoms with Gasteiger partial charge in [0.25, 0.3) is 5.91 Å².